The second kappa shape index (κ2) is 9.81. The second-order valence-corrected chi connectivity index (χ2v) is 14.5. The summed E-state index contributed by atoms with van der Waals surface area (Å²) < 4.78 is 5.11. The third kappa shape index (κ3) is 3.40. The third-order valence-corrected chi connectivity index (χ3v) is 11.9. The van der Waals surface area contributed by atoms with Crippen LogP contribution in [0, 0.1) is 0 Å². The van der Waals surface area contributed by atoms with Gasteiger partial charge in [0.1, 0.15) is 0 Å². The van der Waals surface area contributed by atoms with Crippen molar-refractivity contribution in [2.24, 2.45) is 0 Å². The zero-order valence-electron chi connectivity index (χ0n) is 28.6. The van der Waals surface area contributed by atoms with Gasteiger partial charge in [-0.25, -0.2) is 0 Å². The van der Waals surface area contributed by atoms with Crippen LogP contribution in [-0.4, -0.2) is 8.80 Å². The highest BCUT2D eigenvalue weighted by molar-refractivity contribution is 6.34. The smallest absolute Gasteiger partial charge is 0.0789 e. The number of anilines is 3. The van der Waals surface area contributed by atoms with Gasteiger partial charge >= 0.3 is 0 Å². The fourth-order valence-electron chi connectivity index (χ4n) is 9.81. The quantitative estimate of drug-likeness (QED) is 0.182. The van der Waals surface area contributed by atoms with Crippen molar-refractivity contribution >= 4 is 115 Å². The van der Waals surface area contributed by atoms with Crippen LogP contribution in [0.25, 0.3) is 97.7 Å². The summed E-state index contributed by atoms with van der Waals surface area (Å²) in [5.41, 5.74) is 11.0. The van der Waals surface area contributed by atoms with E-state index in [-0.39, 0.29) is 0 Å². The van der Waals surface area contributed by atoms with E-state index in [1.165, 1.54) is 97.7 Å². The molecule has 13 rings (SSSR count). The van der Waals surface area contributed by atoms with Crippen molar-refractivity contribution in [3.8, 4) is 0 Å². The minimum atomic E-state index is 1.13. The lowest BCUT2D eigenvalue weighted by Gasteiger charge is -2.27. The molecule has 0 aliphatic rings. The molecule has 0 saturated carbocycles. The predicted octanol–water partition coefficient (Wildman–Crippen LogP) is 13.8. The summed E-state index contributed by atoms with van der Waals surface area (Å²) in [6.07, 6.45) is 0. The first-order valence-corrected chi connectivity index (χ1v) is 18.4. The zero-order valence-corrected chi connectivity index (χ0v) is 28.6. The molecule has 53 heavy (non-hydrogen) atoms. The Bertz CT molecular complexity index is 3570. The summed E-state index contributed by atoms with van der Waals surface area (Å²) in [5.74, 6) is 0. The molecule has 3 nitrogen and oxygen atoms in total. The van der Waals surface area contributed by atoms with E-state index in [9.17, 15) is 0 Å². The van der Waals surface area contributed by atoms with E-state index in [0.717, 1.165) is 17.1 Å². The predicted molar refractivity (Wildman–Crippen MR) is 225 cm³/mol. The molecule has 4 heterocycles. The molecule has 0 spiro atoms. The van der Waals surface area contributed by atoms with Gasteiger partial charge in [-0.15, -0.1) is 0 Å². The molecule has 0 amide bonds. The molecule has 4 aromatic heterocycles. The molecular weight excluding hydrogens is 643 g/mol. The van der Waals surface area contributed by atoms with Gasteiger partial charge < -0.3 is 13.7 Å². The van der Waals surface area contributed by atoms with Crippen LogP contribution in [0.1, 0.15) is 0 Å². The SMILES string of the molecule is c1ccc(N(c2ccccc2)c2cc3ccccc3c3c4cccc5c6cc7c(cc6n(c23)c54)c2cccc3c4c5ccccc5ccc4n7c23)cc1. The van der Waals surface area contributed by atoms with Crippen molar-refractivity contribution in [3.05, 3.63) is 176 Å². The molecule has 244 valence electrons. The Morgan fingerprint density at radius 2 is 0.811 bits per heavy atom. The Morgan fingerprint density at radius 1 is 0.302 bits per heavy atom. The van der Waals surface area contributed by atoms with Crippen LogP contribution in [-0.2, 0) is 0 Å². The van der Waals surface area contributed by atoms with Gasteiger partial charge in [0.05, 0.1) is 38.8 Å². The molecule has 0 N–H and O–H groups in total. The standard InChI is InChI=1S/C50H29N3/c1-3-15-32(16-4-1)51(33-17-5-2-6-18-33)45-27-31-14-8-10-20-35(31)47-39-24-12-22-37-41-28-43-40(29-44(41)53(49(37)39)50(45)47)36-21-11-23-38-46-34-19-9-7-13-30(34)25-26-42(46)52(43)48(36)38/h1-29H. The molecule has 0 radical (unpaired) electrons. The average Bonchev–Trinajstić information content (AvgIpc) is 3.95. The Balaban J connectivity index is 1.24. The molecule has 0 atom stereocenters. The van der Waals surface area contributed by atoms with E-state index in [1.54, 1.807) is 0 Å². The fourth-order valence-corrected chi connectivity index (χ4v) is 9.81. The third-order valence-electron chi connectivity index (χ3n) is 11.9. The highest BCUT2D eigenvalue weighted by Gasteiger charge is 2.27. The number of benzene rings is 9. The highest BCUT2D eigenvalue weighted by atomic mass is 15.2. The number of para-hydroxylation sites is 4. The van der Waals surface area contributed by atoms with Gasteiger partial charge in [-0.05, 0) is 70.1 Å². The zero-order chi connectivity index (χ0) is 34.4. The Kier molecular flexibility index (Phi) is 5.11. The van der Waals surface area contributed by atoms with Crippen molar-refractivity contribution < 1.29 is 0 Å². The first kappa shape index (κ1) is 27.6. The summed E-state index contributed by atoms with van der Waals surface area (Å²) in [6, 6.07) is 65.0. The molecule has 0 bridgehead atoms. The minimum absolute atomic E-state index is 1.13. The average molecular weight is 672 g/mol. The van der Waals surface area contributed by atoms with Crippen LogP contribution in [0.2, 0.25) is 0 Å². The van der Waals surface area contributed by atoms with E-state index >= 15 is 0 Å². The summed E-state index contributed by atoms with van der Waals surface area (Å²) in [4.78, 5) is 2.44. The van der Waals surface area contributed by atoms with Crippen molar-refractivity contribution in [2.75, 3.05) is 4.90 Å². The summed E-state index contributed by atoms with van der Waals surface area (Å²) in [6.45, 7) is 0. The molecular formula is C50H29N3. The van der Waals surface area contributed by atoms with Crippen LogP contribution in [0.4, 0.5) is 17.1 Å². The van der Waals surface area contributed by atoms with Gasteiger partial charge in [-0.2, -0.15) is 0 Å². The van der Waals surface area contributed by atoms with E-state index in [1.807, 2.05) is 0 Å². The monoisotopic (exact) mass is 671 g/mol. The molecule has 0 fully saturated rings. The van der Waals surface area contributed by atoms with Crippen LogP contribution >= 0.6 is 0 Å². The lowest BCUT2D eigenvalue weighted by molar-refractivity contribution is 1.27. The van der Waals surface area contributed by atoms with Crippen LogP contribution in [0.3, 0.4) is 0 Å². The number of nitrogens with zero attached hydrogens (tertiary/aromatic N) is 3. The Morgan fingerprint density at radius 3 is 1.49 bits per heavy atom. The van der Waals surface area contributed by atoms with Crippen molar-refractivity contribution in [1.29, 1.82) is 0 Å². The van der Waals surface area contributed by atoms with Crippen molar-refractivity contribution in [2.45, 2.75) is 0 Å². The number of aromatic nitrogens is 2. The maximum atomic E-state index is 2.58. The van der Waals surface area contributed by atoms with Gasteiger partial charge in [0.2, 0.25) is 0 Å². The fraction of sp³-hybridized carbons (Fsp3) is 0. The van der Waals surface area contributed by atoms with Crippen molar-refractivity contribution in [3.63, 3.8) is 0 Å². The molecule has 0 aliphatic heterocycles. The van der Waals surface area contributed by atoms with Crippen LogP contribution in [0.5, 0.6) is 0 Å². The molecule has 0 unspecified atom stereocenters. The summed E-state index contributed by atoms with van der Waals surface area (Å²) in [7, 11) is 0. The van der Waals surface area contributed by atoms with Gasteiger partial charge in [0, 0.05) is 54.5 Å². The first-order chi connectivity index (χ1) is 26.3. The van der Waals surface area contributed by atoms with Crippen LogP contribution < -0.4 is 4.90 Å². The highest BCUT2D eigenvalue weighted by Crippen LogP contribution is 2.50. The summed E-state index contributed by atoms with van der Waals surface area (Å²) in [5, 5.41) is 15.5. The van der Waals surface area contributed by atoms with Gasteiger partial charge in [-0.1, -0.05) is 127 Å². The summed E-state index contributed by atoms with van der Waals surface area (Å²) >= 11 is 0. The molecule has 0 saturated heterocycles. The van der Waals surface area contributed by atoms with Gasteiger partial charge in [0.15, 0.2) is 0 Å². The maximum absolute atomic E-state index is 2.58. The first-order valence-electron chi connectivity index (χ1n) is 18.4. The molecule has 3 heteroatoms. The Hall–Kier alpha value is -7.10. The van der Waals surface area contributed by atoms with E-state index in [2.05, 4.69) is 190 Å². The number of rotatable bonds is 3. The largest absolute Gasteiger partial charge is 0.308 e. The minimum Gasteiger partial charge on any atom is -0.308 e. The van der Waals surface area contributed by atoms with E-state index < -0.39 is 0 Å². The van der Waals surface area contributed by atoms with Crippen molar-refractivity contribution in [1.82, 2.24) is 8.80 Å². The lowest BCUT2D eigenvalue weighted by atomic mass is 9.99. The maximum Gasteiger partial charge on any atom is 0.0789 e. The normalized spacial score (nSPS) is 12.5. The second-order valence-electron chi connectivity index (χ2n) is 14.5. The number of fused-ring (bicyclic) bond motifs is 16. The molecule has 13 aromatic rings. The van der Waals surface area contributed by atoms with E-state index in [4.69, 9.17) is 0 Å². The molecule has 9 aromatic carbocycles. The van der Waals surface area contributed by atoms with Gasteiger partial charge in [0.25, 0.3) is 0 Å². The Labute approximate surface area is 303 Å². The number of hydrogen-bond acceptors (Lipinski definition) is 1. The molecule has 0 aliphatic carbocycles. The van der Waals surface area contributed by atoms with E-state index in [0.29, 0.717) is 0 Å². The van der Waals surface area contributed by atoms with Gasteiger partial charge in [-0.3, -0.25) is 0 Å². The van der Waals surface area contributed by atoms with Crippen LogP contribution in [0.15, 0.2) is 176 Å². The number of hydrogen-bond donors (Lipinski definition) is 0. The lowest BCUT2D eigenvalue weighted by Crippen LogP contribution is -2.11. The topological polar surface area (TPSA) is 12.1 Å².